The molecule has 100 valence electrons. The molecule has 1 aromatic heterocycles. The fourth-order valence-electron chi connectivity index (χ4n) is 1.21. The number of likely N-dealkylation sites (N-methyl/N-ethyl adjacent to an activating group) is 1. The van der Waals surface area contributed by atoms with Crippen LogP contribution in [0.2, 0.25) is 0 Å². The van der Waals surface area contributed by atoms with Crippen LogP contribution >= 0.6 is 11.3 Å². The zero-order valence-electron chi connectivity index (χ0n) is 10.3. The Morgan fingerprint density at radius 2 is 2.28 bits per heavy atom. The molecule has 0 fully saturated rings. The van der Waals surface area contributed by atoms with Gasteiger partial charge in [-0.2, -0.15) is 0 Å². The Bertz CT molecular complexity index is 419. The third kappa shape index (κ3) is 4.01. The van der Waals surface area contributed by atoms with Gasteiger partial charge in [0.2, 0.25) is 0 Å². The number of nitrogens with zero attached hydrogens (tertiary/aromatic N) is 1. The lowest BCUT2D eigenvalue weighted by Crippen LogP contribution is -2.34. The highest BCUT2D eigenvalue weighted by Crippen LogP contribution is 2.23. The van der Waals surface area contributed by atoms with Crippen molar-refractivity contribution >= 4 is 28.3 Å². The van der Waals surface area contributed by atoms with Gasteiger partial charge in [-0.25, -0.2) is 9.59 Å². The maximum atomic E-state index is 11.8. The van der Waals surface area contributed by atoms with Crippen LogP contribution in [0.3, 0.4) is 0 Å². The van der Waals surface area contributed by atoms with Gasteiger partial charge < -0.3 is 14.7 Å². The predicted molar refractivity (Wildman–Crippen MR) is 69.4 cm³/mol. The Balaban J connectivity index is 2.53. The number of carboxylic acids is 1. The van der Waals surface area contributed by atoms with Crippen molar-refractivity contribution in [1.82, 2.24) is 4.90 Å². The van der Waals surface area contributed by atoms with Crippen molar-refractivity contribution in [1.29, 1.82) is 0 Å². The van der Waals surface area contributed by atoms with E-state index >= 15 is 0 Å². The average molecular weight is 272 g/mol. The van der Waals surface area contributed by atoms with Crippen LogP contribution in [0.15, 0.2) is 11.4 Å². The summed E-state index contributed by atoms with van der Waals surface area (Å²) < 4.78 is 5.14. The molecule has 0 aliphatic carbocycles. The number of ether oxygens (including phenoxy) is 1. The van der Waals surface area contributed by atoms with Crippen LogP contribution in [0.1, 0.15) is 17.3 Å². The largest absolute Gasteiger partial charge is 0.478 e. The van der Waals surface area contributed by atoms with Crippen LogP contribution in [0.25, 0.3) is 0 Å². The Kier molecular flexibility index (Phi) is 5.60. The van der Waals surface area contributed by atoms with Gasteiger partial charge in [-0.05, 0) is 18.4 Å². The Morgan fingerprint density at radius 1 is 1.56 bits per heavy atom. The summed E-state index contributed by atoms with van der Waals surface area (Å²) >= 11 is 1.18. The summed E-state index contributed by atoms with van der Waals surface area (Å²) in [4.78, 5) is 24.1. The number of carbonyl (C=O) groups excluding carboxylic acids is 1. The average Bonchev–Trinajstić information content (AvgIpc) is 2.77. The summed E-state index contributed by atoms with van der Waals surface area (Å²) in [7, 11) is 1.63. The van der Waals surface area contributed by atoms with Crippen LogP contribution in [-0.2, 0) is 4.74 Å². The van der Waals surface area contributed by atoms with E-state index in [1.807, 2.05) is 6.92 Å². The SMILES string of the molecule is CCOCCN(C)C(=O)Nc1sccc1C(=O)O. The molecule has 0 atom stereocenters. The third-order valence-corrected chi connectivity index (χ3v) is 3.07. The van der Waals surface area contributed by atoms with Crippen molar-refractivity contribution in [2.75, 3.05) is 32.1 Å². The number of rotatable bonds is 6. The number of urea groups is 1. The van der Waals surface area contributed by atoms with E-state index in [0.29, 0.717) is 24.8 Å². The van der Waals surface area contributed by atoms with E-state index in [2.05, 4.69) is 5.32 Å². The molecule has 7 heteroatoms. The second kappa shape index (κ2) is 6.97. The number of nitrogens with one attached hydrogen (secondary N) is 1. The summed E-state index contributed by atoms with van der Waals surface area (Å²) in [5.41, 5.74) is 0.103. The Labute approximate surface area is 109 Å². The van der Waals surface area contributed by atoms with Gasteiger partial charge in [0.05, 0.1) is 12.2 Å². The highest BCUT2D eigenvalue weighted by atomic mass is 32.1. The molecule has 2 N–H and O–H groups in total. The van der Waals surface area contributed by atoms with Crippen LogP contribution in [0.4, 0.5) is 9.80 Å². The molecule has 1 aromatic rings. The number of amides is 2. The zero-order chi connectivity index (χ0) is 13.5. The van der Waals surface area contributed by atoms with Crippen LogP contribution in [0.5, 0.6) is 0 Å². The number of hydrogen-bond donors (Lipinski definition) is 2. The van der Waals surface area contributed by atoms with Crippen molar-refractivity contribution in [2.24, 2.45) is 0 Å². The van der Waals surface area contributed by atoms with Gasteiger partial charge in [0.15, 0.2) is 0 Å². The lowest BCUT2D eigenvalue weighted by molar-refractivity contribution is 0.0698. The van der Waals surface area contributed by atoms with Gasteiger partial charge in [0.1, 0.15) is 5.00 Å². The lowest BCUT2D eigenvalue weighted by Gasteiger charge is -2.17. The van der Waals surface area contributed by atoms with Crippen LogP contribution in [-0.4, -0.2) is 48.8 Å². The van der Waals surface area contributed by atoms with Gasteiger partial charge in [-0.1, -0.05) is 0 Å². The minimum Gasteiger partial charge on any atom is -0.478 e. The fourth-order valence-corrected chi connectivity index (χ4v) is 1.98. The van der Waals surface area contributed by atoms with Crippen molar-refractivity contribution in [3.8, 4) is 0 Å². The second-order valence-corrected chi connectivity index (χ2v) is 4.43. The summed E-state index contributed by atoms with van der Waals surface area (Å²) in [5, 5.41) is 13.4. The standard InChI is InChI=1S/C11H16N2O4S/c1-3-17-6-5-13(2)11(16)12-9-8(10(14)15)4-7-18-9/h4,7H,3,5-6H2,1-2H3,(H,12,16)(H,14,15). The van der Waals surface area contributed by atoms with Gasteiger partial charge in [0.25, 0.3) is 0 Å². The van der Waals surface area contributed by atoms with E-state index in [1.54, 1.807) is 12.4 Å². The van der Waals surface area contributed by atoms with E-state index in [-0.39, 0.29) is 11.6 Å². The molecular formula is C11H16N2O4S. The molecule has 0 spiro atoms. The molecule has 0 saturated heterocycles. The first-order valence-electron chi connectivity index (χ1n) is 5.47. The van der Waals surface area contributed by atoms with Crippen molar-refractivity contribution in [2.45, 2.75) is 6.92 Å². The van der Waals surface area contributed by atoms with E-state index < -0.39 is 5.97 Å². The molecule has 0 aliphatic heterocycles. The van der Waals surface area contributed by atoms with Crippen molar-refractivity contribution in [3.05, 3.63) is 17.0 Å². The highest BCUT2D eigenvalue weighted by Gasteiger charge is 2.15. The second-order valence-electron chi connectivity index (χ2n) is 3.52. The lowest BCUT2D eigenvalue weighted by atomic mass is 10.3. The maximum Gasteiger partial charge on any atom is 0.338 e. The number of hydrogen-bond acceptors (Lipinski definition) is 4. The summed E-state index contributed by atoms with van der Waals surface area (Å²) in [6.45, 7) is 3.39. The molecule has 18 heavy (non-hydrogen) atoms. The molecule has 1 heterocycles. The monoisotopic (exact) mass is 272 g/mol. The summed E-state index contributed by atoms with van der Waals surface area (Å²) in [6, 6.07) is 1.11. The van der Waals surface area contributed by atoms with Crippen molar-refractivity contribution < 1.29 is 19.4 Å². The van der Waals surface area contributed by atoms with Gasteiger partial charge in [0, 0.05) is 20.2 Å². The van der Waals surface area contributed by atoms with E-state index in [0.717, 1.165) is 0 Å². The summed E-state index contributed by atoms with van der Waals surface area (Å²) in [6.07, 6.45) is 0. The first-order chi connectivity index (χ1) is 8.56. The maximum absolute atomic E-state index is 11.8. The Hall–Kier alpha value is -1.60. The number of thiophene rings is 1. The highest BCUT2D eigenvalue weighted by molar-refractivity contribution is 7.14. The first kappa shape index (κ1) is 14.5. The van der Waals surface area contributed by atoms with E-state index in [4.69, 9.17) is 9.84 Å². The van der Waals surface area contributed by atoms with Gasteiger partial charge >= 0.3 is 12.0 Å². The van der Waals surface area contributed by atoms with E-state index in [9.17, 15) is 9.59 Å². The van der Waals surface area contributed by atoms with Crippen LogP contribution < -0.4 is 5.32 Å². The molecule has 2 amide bonds. The molecule has 0 radical (unpaired) electrons. The normalized spacial score (nSPS) is 10.1. The zero-order valence-corrected chi connectivity index (χ0v) is 11.1. The smallest absolute Gasteiger partial charge is 0.338 e. The Morgan fingerprint density at radius 3 is 2.89 bits per heavy atom. The van der Waals surface area contributed by atoms with Crippen molar-refractivity contribution in [3.63, 3.8) is 0 Å². The van der Waals surface area contributed by atoms with E-state index in [1.165, 1.54) is 22.3 Å². The molecule has 0 unspecified atom stereocenters. The predicted octanol–water partition coefficient (Wildman–Crippen LogP) is 1.95. The molecule has 0 saturated carbocycles. The summed E-state index contributed by atoms with van der Waals surface area (Å²) in [5.74, 6) is -1.05. The quantitative estimate of drug-likeness (QED) is 0.776. The fraction of sp³-hybridized carbons (Fsp3) is 0.455. The van der Waals surface area contributed by atoms with Crippen LogP contribution in [0, 0.1) is 0 Å². The number of anilines is 1. The molecule has 0 aliphatic rings. The minimum atomic E-state index is -1.05. The first-order valence-corrected chi connectivity index (χ1v) is 6.34. The molecule has 6 nitrogen and oxygen atoms in total. The molecule has 1 rings (SSSR count). The molecule has 0 bridgehead atoms. The van der Waals surface area contributed by atoms with Gasteiger partial charge in [-0.3, -0.25) is 5.32 Å². The molecular weight excluding hydrogens is 256 g/mol. The minimum absolute atomic E-state index is 0.103. The number of aromatic carboxylic acids is 1. The number of carbonyl (C=O) groups is 2. The molecule has 0 aromatic carbocycles. The van der Waals surface area contributed by atoms with Gasteiger partial charge in [-0.15, -0.1) is 11.3 Å². The third-order valence-electron chi connectivity index (χ3n) is 2.24. The topological polar surface area (TPSA) is 78.9 Å². The number of carboxylic acid groups (broad SMARTS) is 1.